The Balaban J connectivity index is 1.48. The Morgan fingerprint density at radius 2 is 1.93 bits per heavy atom. The average Bonchev–Trinajstić information content (AvgIpc) is 3.28. The highest BCUT2D eigenvalue weighted by molar-refractivity contribution is 6.30. The van der Waals surface area contributed by atoms with E-state index >= 15 is 0 Å². The summed E-state index contributed by atoms with van der Waals surface area (Å²) in [6, 6.07) is 7.93. The quantitative estimate of drug-likeness (QED) is 0.573. The second kappa shape index (κ2) is 7.33. The molecule has 0 spiro atoms. The van der Waals surface area contributed by atoms with Gasteiger partial charge in [0, 0.05) is 23.7 Å². The molecule has 3 aromatic rings. The van der Waals surface area contributed by atoms with Crippen LogP contribution in [0.3, 0.4) is 0 Å². The van der Waals surface area contributed by atoms with Crippen LogP contribution >= 0.6 is 11.6 Å². The van der Waals surface area contributed by atoms with Crippen molar-refractivity contribution >= 4 is 22.8 Å². The summed E-state index contributed by atoms with van der Waals surface area (Å²) in [5.74, 6) is 2.34. The number of nitrogens with zero attached hydrogens (tertiary/aromatic N) is 4. The second-order valence-corrected chi connectivity index (χ2v) is 8.39. The van der Waals surface area contributed by atoms with Gasteiger partial charge < -0.3 is 14.0 Å². The number of rotatable bonds is 5. The number of methoxy groups -OCH3 is 1. The predicted molar refractivity (Wildman–Crippen MR) is 107 cm³/mol. The predicted octanol–water partition coefficient (Wildman–Crippen LogP) is 4.88. The van der Waals surface area contributed by atoms with Gasteiger partial charge in [-0.3, -0.25) is 0 Å². The summed E-state index contributed by atoms with van der Waals surface area (Å²) in [6.07, 6.45) is 8.56. The summed E-state index contributed by atoms with van der Waals surface area (Å²) in [6.45, 7) is 0.141. The minimum atomic E-state index is 0.141. The molecule has 7 heteroatoms. The summed E-state index contributed by atoms with van der Waals surface area (Å²) in [5, 5.41) is 9.62. The maximum Gasteiger partial charge on any atom is 0.188 e. The SMILES string of the molecule is COCOc1cc(Cl)ccc1-c1cc2ncn(C3CC4CC[C@@H](C4)C3)c2nn1. The number of imidazole rings is 1. The third kappa shape index (κ3) is 3.25. The number of halogens is 1. The molecule has 0 aliphatic heterocycles. The van der Waals surface area contributed by atoms with Crippen molar-refractivity contribution in [2.75, 3.05) is 13.9 Å². The van der Waals surface area contributed by atoms with Crippen molar-refractivity contribution in [2.45, 2.75) is 38.1 Å². The zero-order chi connectivity index (χ0) is 19.1. The lowest BCUT2D eigenvalue weighted by molar-refractivity contribution is 0.0515. The van der Waals surface area contributed by atoms with E-state index in [1.165, 1.54) is 32.1 Å². The second-order valence-electron chi connectivity index (χ2n) is 7.95. The normalized spacial score (nSPS) is 24.0. The van der Waals surface area contributed by atoms with Crippen molar-refractivity contribution in [3.63, 3.8) is 0 Å². The molecule has 0 radical (unpaired) electrons. The van der Waals surface area contributed by atoms with E-state index in [-0.39, 0.29) is 6.79 Å². The van der Waals surface area contributed by atoms with Crippen LogP contribution in [0, 0.1) is 11.8 Å². The van der Waals surface area contributed by atoms with Crippen molar-refractivity contribution in [1.82, 2.24) is 19.7 Å². The molecule has 2 bridgehead atoms. The first-order valence-corrected chi connectivity index (χ1v) is 10.2. The number of ether oxygens (including phenoxy) is 2. The van der Waals surface area contributed by atoms with Gasteiger partial charge in [0.1, 0.15) is 11.3 Å². The van der Waals surface area contributed by atoms with Gasteiger partial charge in [-0.25, -0.2) is 4.98 Å². The molecule has 2 unspecified atom stereocenters. The number of aromatic nitrogens is 4. The Hall–Kier alpha value is -2.18. The van der Waals surface area contributed by atoms with Crippen molar-refractivity contribution in [3.05, 3.63) is 35.6 Å². The van der Waals surface area contributed by atoms with Crippen LogP contribution in [0.25, 0.3) is 22.4 Å². The highest BCUT2D eigenvalue weighted by Crippen LogP contribution is 2.47. The molecule has 2 fully saturated rings. The van der Waals surface area contributed by atoms with Gasteiger partial charge in [-0.2, -0.15) is 0 Å². The largest absolute Gasteiger partial charge is 0.467 e. The molecule has 2 aliphatic rings. The molecule has 5 rings (SSSR count). The Morgan fingerprint density at radius 3 is 2.71 bits per heavy atom. The van der Waals surface area contributed by atoms with E-state index in [1.54, 1.807) is 13.2 Å². The van der Waals surface area contributed by atoms with Gasteiger partial charge in [0.15, 0.2) is 12.4 Å². The summed E-state index contributed by atoms with van der Waals surface area (Å²) in [4.78, 5) is 4.63. The van der Waals surface area contributed by atoms with Gasteiger partial charge in [0.05, 0.1) is 12.0 Å². The Labute approximate surface area is 168 Å². The van der Waals surface area contributed by atoms with E-state index in [9.17, 15) is 0 Å². The van der Waals surface area contributed by atoms with Gasteiger partial charge in [0.25, 0.3) is 0 Å². The van der Waals surface area contributed by atoms with Crippen LogP contribution in [0.2, 0.25) is 5.02 Å². The molecule has 2 aromatic heterocycles. The molecule has 0 amide bonds. The number of hydrogen-bond donors (Lipinski definition) is 0. The molecule has 0 N–H and O–H groups in total. The molecular weight excluding hydrogens is 376 g/mol. The van der Waals surface area contributed by atoms with Gasteiger partial charge in [-0.15, -0.1) is 10.2 Å². The lowest BCUT2D eigenvalue weighted by Gasteiger charge is -2.28. The maximum atomic E-state index is 6.12. The molecule has 1 aromatic carbocycles. The van der Waals surface area contributed by atoms with Crippen molar-refractivity contribution in [2.24, 2.45) is 11.8 Å². The third-order valence-corrected chi connectivity index (χ3v) is 6.36. The minimum Gasteiger partial charge on any atom is -0.467 e. The summed E-state index contributed by atoms with van der Waals surface area (Å²) < 4.78 is 12.9. The molecule has 146 valence electrons. The molecule has 2 aliphatic carbocycles. The van der Waals surface area contributed by atoms with E-state index in [0.717, 1.165) is 28.6 Å². The lowest BCUT2D eigenvalue weighted by Crippen LogP contribution is -2.19. The molecule has 28 heavy (non-hydrogen) atoms. The number of benzene rings is 1. The van der Waals surface area contributed by atoms with Gasteiger partial charge in [-0.1, -0.05) is 24.4 Å². The molecule has 3 atom stereocenters. The van der Waals surface area contributed by atoms with Crippen LogP contribution in [0.1, 0.15) is 38.1 Å². The van der Waals surface area contributed by atoms with Crippen molar-refractivity contribution < 1.29 is 9.47 Å². The van der Waals surface area contributed by atoms with Gasteiger partial charge in [0.2, 0.25) is 0 Å². The zero-order valence-electron chi connectivity index (χ0n) is 15.8. The Morgan fingerprint density at radius 1 is 1.11 bits per heavy atom. The van der Waals surface area contributed by atoms with Crippen LogP contribution in [0.5, 0.6) is 5.75 Å². The summed E-state index contributed by atoms with van der Waals surface area (Å²) >= 11 is 6.12. The van der Waals surface area contributed by atoms with E-state index < -0.39 is 0 Å². The van der Waals surface area contributed by atoms with E-state index in [4.69, 9.17) is 21.1 Å². The van der Waals surface area contributed by atoms with E-state index in [1.807, 2.05) is 24.5 Å². The average molecular weight is 399 g/mol. The molecule has 2 saturated carbocycles. The lowest BCUT2D eigenvalue weighted by atomic mass is 9.85. The van der Waals surface area contributed by atoms with Gasteiger partial charge in [-0.05, 0) is 55.4 Å². The van der Waals surface area contributed by atoms with E-state index in [0.29, 0.717) is 22.5 Å². The molecule has 0 saturated heterocycles. The number of fused-ring (bicyclic) bond motifs is 3. The van der Waals surface area contributed by atoms with Crippen molar-refractivity contribution in [3.8, 4) is 17.0 Å². The fourth-order valence-electron chi connectivity index (χ4n) is 4.88. The molecule has 2 heterocycles. The fraction of sp³-hybridized carbons (Fsp3) is 0.476. The first-order chi connectivity index (χ1) is 13.7. The standard InChI is InChI=1S/C21H23ClN4O2/c1-27-12-28-20-9-15(22)4-5-17(20)18-10-19-21(25-24-18)26(11-23-19)16-7-13-2-3-14(6-13)8-16/h4-5,9-11,13-14,16H,2-3,6-8,12H2,1H3/t13-,14?,16?/m0/s1. The third-order valence-electron chi connectivity index (χ3n) is 6.13. The van der Waals surface area contributed by atoms with E-state index in [2.05, 4.69) is 19.7 Å². The fourth-order valence-corrected chi connectivity index (χ4v) is 5.04. The number of hydrogen-bond acceptors (Lipinski definition) is 5. The van der Waals surface area contributed by atoms with Crippen LogP contribution < -0.4 is 4.74 Å². The first kappa shape index (κ1) is 17.9. The van der Waals surface area contributed by atoms with Crippen LogP contribution in [-0.2, 0) is 4.74 Å². The van der Waals surface area contributed by atoms with Crippen molar-refractivity contribution in [1.29, 1.82) is 0 Å². The summed E-state index contributed by atoms with van der Waals surface area (Å²) in [7, 11) is 1.58. The molecule has 6 nitrogen and oxygen atoms in total. The van der Waals surface area contributed by atoms with Gasteiger partial charge >= 0.3 is 0 Å². The van der Waals surface area contributed by atoms with Crippen LogP contribution in [-0.4, -0.2) is 33.7 Å². The topological polar surface area (TPSA) is 62.1 Å². The van der Waals surface area contributed by atoms with Crippen LogP contribution in [0.15, 0.2) is 30.6 Å². The minimum absolute atomic E-state index is 0.141. The molecular formula is C21H23ClN4O2. The highest BCUT2D eigenvalue weighted by atomic mass is 35.5. The maximum absolute atomic E-state index is 6.12. The first-order valence-electron chi connectivity index (χ1n) is 9.83. The Kier molecular flexibility index (Phi) is 4.69. The monoisotopic (exact) mass is 398 g/mol. The van der Waals surface area contributed by atoms with Crippen LogP contribution in [0.4, 0.5) is 0 Å². The Bertz CT molecular complexity index is 993. The zero-order valence-corrected chi connectivity index (χ0v) is 16.6. The smallest absolute Gasteiger partial charge is 0.188 e. The summed E-state index contributed by atoms with van der Waals surface area (Å²) in [5.41, 5.74) is 3.25. The highest BCUT2D eigenvalue weighted by Gasteiger charge is 2.35.